The van der Waals surface area contributed by atoms with Gasteiger partial charge in [0.25, 0.3) is 0 Å². The van der Waals surface area contributed by atoms with Gasteiger partial charge in [0.2, 0.25) is 0 Å². The third-order valence-electron chi connectivity index (χ3n) is 12.7. The van der Waals surface area contributed by atoms with Gasteiger partial charge in [0.1, 0.15) is 5.78 Å². The van der Waals surface area contributed by atoms with E-state index in [1.807, 2.05) is 0 Å². The lowest BCUT2D eigenvalue weighted by atomic mass is 9.34. The molecule has 0 aromatic carbocycles. The molecule has 0 radical (unpaired) electrons. The summed E-state index contributed by atoms with van der Waals surface area (Å²) in [5.41, 5.74) is 3.66. The number of rotatable bonds is 1. The highest BCUT2D eigenvalue weighted by Crippen LogP contribution is 2.75. The molecule has 0 aliphatic heterocycles. The van der Waals surface area contributed by atoms with Crippen LogP contribution in [-0.4, -0.2) is 16.9 Å². The first-order chi connectivity index (χ1) is 15.3. The van der Waals surface area contributed by atoms with E-state index in [-0.39, 0.29) is 27.6 Å². The average molecular weight is 453 g/mol. The summed E-state index contributed by atoms with van der Waals surface area (Å²) in [6, 6.07) is 0. The van der Waals surface area contributed by atoms with Gasteiger partial charge in [-0.15, -0.1) is 0 Å². The van der Waals surface area contributed by atoms with E-state index in [9.17, 15) is 14.7 Å². The van der Waals surface area contributed by atoms with Crippen molar-refractivity contribution in [3.63, 3.8) is 0 Å². The van der Waals surface area contributed by atoms with Gasteiger partial charge in [0, 0.05) is 17.8 Å². The van der Waals surface area contributed by atoms with Crippen LogP contribution in [0.4, 0.5) is 0 Å². The Hall–Kier alpha value is -1.38. The molecule has 1 N–H and O–H groups in total. The molecule has 0 bridgehead atoms. The van der Waals surface area contributed by atoms with E-state index in [1.165, 1.54) is 16.7 Å². The third kappa shape index (κ3) is 2.63. The number of fused-ring (bicyclic) bond motifs is 7. The van der Waals surface area contributed by atoms with E-state index < -0.39 is 11.4 Å². The molecule has 0 saturated heterocycles. The van der Waals surface area contributed by atoms with E-state index in [4.69, 9.17) is 0 Å². The normalized spacial score (nSPS) is 48.8. The lowest BCUT2D eigenvalue weighted by Crippen LogP contribution is -2.64. The van der Waals surface area contributed by atoms with Crippen molar-refractivity contribution < 1.29 is 14.7 Å². The molecular formula is C30H44O3. The zero-order chi connectivity index (χ0) is 24.2. The number of allylic oxidation sites excluding steroid dienone is 4. The summed E-state index contributed by atoms with van der Waals surface area (Å²) in [5.74, 6) is 0.918. The lowest BCUT2D eigenvalue weighted by molar-refractivity contribution is -0.185. The maximum Gasteiger partial charge on any atom is 0.310 e. The third-order valence-corrected chi connectivity index (χ3v) is 12.7. The van der Waals surface area contributed by atoms with Crippen LogP contribution < -0.4 is 0 Å². The van der Waals surface area contributed by atoms with Crippen molar-refractivity contribution in [1.82, 2.24) is 0 Å². The molecule has 5 aliphatic carbocycles. The van der Waals surface area contributed by atoms with Crippen molar-refractivity contribution in [2.24, 2.45) is 44.8 Å². The van der Waals surface area contributed by atoms with Crippen molar-refractivity contribution in [2.75, 3.05) is 0 Å². The van der Waals surface area contributed by atoms with Gasteiger partial charge in [-0.2, -0.15) is 0 Å². The van der Waals surface area contributed by atoms with Crippen LogP contribution in [0.3, 0.4) is 0 Å². The molecule has 3 saturated carbocycles. The number of aliphatic carboxylic acids is 1. The van der Waals surface area contributed by atoms with Crippen LogP contribution in [0.2, 0.25) is 0 Å². The monoisotopic (exact) mass is 452 g/mol. The summed E-state index contributed by atoms with van der Waals surface area (Å²) in [6.45, 7) is 16.4. The molecule has 5 aliphatic rings. The largest absolute Gasteiger partial charge is 0.481 e. The molecule has 0 amide bonds. The fourth-order valence-electron chi connectivity index (χ4n) is 10.2. The van der Waals surface area contributed by atoms with Crippen LogP contribution in [-0.2, 0) is 9.59 Å². The molecule has 0 heterocycles. The Labute approximate surface area is 200 Å². The fourth-order valence-corrected chi connectivity index (χ4v) is 10.2. The molecule has 0 aromatic rings. The number of carbonyl (C=O) groups excluding carboxylic acids is 1. The van der Waals surface area contributed by atoms with E-state index in [1.54, 1.807) is 0 Å². The van der Waals surface area contributed by atoms with Crippen LogP contribution in [0.5, 0.6) is 0 Å². The molecule has 7 atom stereocenters. The second kappa shape index (κ2) is 6.85. The minimum Gasteiger partial charge on any atom is -0.481 e. The van der Waals surface area contributed by atoms with Gasteiger partial charge in [0.15, 0.2) is 0 Å². The van der Waals surface area contributed by atoms with Gasteiger partial charge < -0.3 is 5.11 Å². The molecule has 5 rings (SSSR count). The quantitative estimate of drug-likeness (QED) is 0.423. The number of hydrogen-bond acceptors (Lipinski definition) is 2. The molecule has 3 heteroatoms. The van der Waals surface area contributed by atoms with Crippen molar-refractivity contribution in [3.8, 4) is 0 Å². The molecule has 0 aromatic heterocycles. The highest BCUT2D eigenvalue weighted by atomic mass is 16.4. The predicted octanol–water partition coefficient (Wildman–Crippen LogP) is 7.36. The Morgan fingerprint density at radius 1 is 0.939 bits per heavy atom. The Morgan fingerprint density at radius 2 is 1.64 bits per heavy atom. The summed E-state index contributed by atoms with van der Waals surface area (Å²) in [7, 11) is 0. The SMILES string of the molecule is CC1=C(C)[C@H]2C3=CC[C@@H]4[C@@]5(C)CCC(=O)C(C)(C)[C@@H]5CC[C@@]4(C)[C@]3(C)CC[C@@]2(C(=O)O)CC1. The molecule has 33 heavy (non-hydrogen) atoms. The zero-order valence-electron chi connectivity index (χ0n) is 21.9. The topological polar surface area (TPSA) is 54.4 Å². The maximum absolute atomic E-state index is 12.9. The smallest absolute Gasteiger partial charge is 0.310 e. The van der Waals surface area contributed by atoms with Crippen molar-refractivity contribution >= 4 is 11.8 Å². The molecule has 0 unspecified atom stereocenters. The number of carboxylic acids is 1. The zero-order valence-corrected chi connectivity index (χ0v) is 21.9. The van der Waals surface area contributed by atoms with E-state index in [0.717, 1.165) is 51.4 Å². The van der Waals surface area contributed by atoms with E-state index in [0.29, 0.717) is 24.0 Å². The Balaban J connectivity index is 1.64. The van der Waals surface area contributed by atoms with Gasteiger partial charge >= 0.3 is 5.97 Å². The minimum absolute atomic E-state index is 0.0258. The van der Waals surface area contributed by atoms with Gasteiger partial charge in [-0.25, -0.2) is 0 Å². The number of hydrogen-bond donors (Lipinski definition) is 1. The highest BCUT2D eigenvalue weighted by Gasteiger charge is 2.69. The first-order valence-electron chi connectivity index (χ1n) is 13.4. The van der Waals surface area contributed by atoms with Crippen molar-refractivity contribution in [3.05, 3.63) is 22.8 Å². The summed E-state index contributed by atoms with van der Waals surface area (Å²) < 4.78 is 0. The van der Waals surface area contributed by atoms with Crippen LogP contribution >= 0.6 is 0 Å². The van der Waals surface area contributed by atoms with Gasteiger partial charge in [-0.05, 0) is 93.3 Å². The highest BCUT2D eigenvalue weighted by molar-refractivity contribution is 5.85. The Morgan fingerprint density at radius 3 is 2.30 bits per heavy atom. The first-order valence-corrected chi connectivity index (χ1v) is 13.4. The van der Waals surface area contributed by atoms with Gasteiger partial charge in [-0.3, -0.25) is 9.59 Å². The molecule has 3 fully saturated rings. The van der Waals surface area contributed by atoms with E-state index in [2.05, 4.69) is 54.5 Å². The first kappa shape index (κ1) is 23.4. The Kier molecular flexibility index (Phi) is 4.85. The fraction of sp³-hybridized carbons (Fsp3) is 0.800. The number of carboxylic acid groups (broad SMARTS) is 1. The average Bonchev–Trinajstić information content (AvgIpc) is 2.74. The molecule has 182 valence electrons. The summed E-state index contributed by atoms with van der Waals surface area (Å²) in [5, 5.41) is 10.5. The summed E-state index contributed by atoms with van der Waals surface area (Å²) in [6.07, 6.45) is 11.0. The second-order valence-corrected chi connectivity index (χ2v) is 13.8. The van der Waals surface area contributed by atoms with Crippen LogP contribution in [0.25, 0.3) is 0 Å². The lowest BCUT2D eigenvalue weighted by Gasteiger charge is -2.70. The van der Waals surface area contributed by atoms with Crippen molar-refractivity contribution in [2.45, 2.75) is 106 Å². The summed E-state index contributed by atoms with van der Waals surface area (Å²) in [4.78, 5) is 25.7. The van der Waals surface area contributed by atoms with Gasteiger partial charge in [-0.1, -0.05) is 57.4 Å². The standard InChI is InChI=1S/C30H44O3/c1-18-10-15-30(25(32)33)17-16-28(6)20(24(30)19(18)2)8-9-22-27(5)13-12-23(31)26(3,4)21(27)11-14-29(22,28)7/h8,21-22,24H,9-17H2,1-7H3,(H,32,33)/t21-,22+,24-,27-,28+,29+,30-/m0/s1. The predicted molar refractivity (Wildman–Crippen MR) is 132 cm³/mol. The molecular weight excluding hydrogens is 408 g/mol. The van der Waals surface area contributed by atoms with Crippen LogP contribution in [0.15, 0.2) is 22.8 Å². The van der Waals surface area contributed by atoms with Gasteiger partial charge in [0.05, 0.1) is 5.41 Å². The second-order valence-electron chi connectivity index (χ2n) is 13.8. The molecule has 0 spiro atoms. The minimum atomic E-state index is -0.627. The number of carbonyl (C=O) groups is 2. The summed E-state index contributed by atoms with van der Waals surface area (Å²) >= 11 is 0. The molecule has 3 nitrogen and oxygen atoms in total. The van der Waals surface area contributed by atoms with Crippen molar-refractivity contribution in [1.29, 1.82) is 0 Å². The number of Topliss-reactive ketones (excluding diaryl/α,β-unsaturated/α-hetero) is 1. The maximum atomic E-state index is 12.9. The Bertz CT molecular complexity index is 985. The number of ketones is 1. The van der Waals surface area contributed by atoms with Crippen LogP contribution in [0.1, 0.15) is 106 Å². The van der Waals surface area contributed by atoms with E-state index >= 15 is 0 Å². The van der Waals surface area contributed by atoms with Crippen LogP contribution in [0, 0.1) is 44.8 Å².